The number of carboxylic acids is 1. The third kappa shape index (κ3) is 5.88. The van der Waals surface area contributed by atoms with E-state index in [0.717, 1.165) is 12.8 Å². The van der Waals surface area contributed by atoms with Crippen molar-refractivity contribution in [3.63, 3.8) is 0 Å². The van der Waals surface area contributed by atoms with E-state index in [-0.39, 0.29) is 11.7 Å². The van der Waals surface area contributed by atoms with Crippen LogP contribution in [-0.2, 0) is 24.2 Å². The number of hydrogen-bond acceptors (Lipinski definition) is 5. The highest BCUT2D eigenvalue weighted by molar-refractivity contribution is 7.92. The summed E-state index contributed by atoms with van der Waals surface area (Å²) in [7, 11) is -3.51. The highest BCUT2D eigenvalue weighted by Gasteiger charge is 2.51. The number of ether oxygens (including phenoxy) is 1. The van der Waals surface area contributed by atoms with E-state index >= 15 is 0 Å². The first-order valence-electron chi connectivity index (χ1n) is 11.9. The summed E-state index contributed by atoms with van der Waals surface area (Å²) in [6, 6.07) is 12.7. The average Bonchev–Trinajstić information content (AvgIpc) is 3.64. The number of nitrogens with zero attached hydrogens (tertiary/aromatic N) is 1. The van der Waals surface area contributed by atoms with E-state index in [9.17, 15) is 23.1 Å². The third-order valence-electron chi connectivity index (χ3n) is 6.82. The zero-order valence-electron chi connectivity index (χ0n) is 20.0. The van der Waals surface area contributed by atoms with Gasteiger partial charge < -0.3 is 14.7 Å². The van der Waals surface area contributed by atoms with Crippen LogP contribution in [0, 0.1) is 5.92 Å². The molecule has 4 atom stereocenters. The summed E-state index contributed by atoms with van der Waals surface area (Å²) in [4.78, 5) is 27.1. The molecular weight excluding hydrogens is 525 g/mol. The number of carboxylic acid groups (broad SMARTS) is 1. The second-order valence-electron chi connectivity index (χ2n) is 9.72. The van der Waals surface area contributed by atoms with Gasteiger partial charge >= 0.3 is 5.97 Å². The van der Waals surface area contributed by atoms with Gasteiger partial charge in [-0.05, 0) is 68.0 Å². The summed E-state index contributed by atoms with van der Waals surface area (Å²) in [5.41, 5.74) is 1.37. The van der Waals surface area contributed by atoms with Crippen molar-refractivity contribution in [3.05, 3.63) is 69.7 Å². The van der Waals surface area contributed by atoms with Crippen LogP contribution in [0.2, 0.25) is 10.0 Å². The van der Waals surface area contributed by atoms with Crippen LogP contribution in [0.15, 0.2) is 48.5 Å². The Balaban J connectivity index is 1.89. The van der Waals surface area contributed by atoms with Gasteiger partial charge in [-0.25, -0.2) is 8.42 Å². The van der Waals surface area contributed by atoms with Crippen molar-refractivity contribution in [3.8, 4) is 0 Å². The smallest absolute Gasteiger partial charge is 0.306 e. The Morgan fingerprint density at radius 1 is 1.08 bits per heavy atom. The maximum Gasteiger partial charge on any atom is 0.306 e. The number of benzene rings is 2. The molecule has 1 aliphatic heterocycles. The molecular formula is C26H29Cl2NO6S. The van der Waals surface area contributed by atoms with Gasteiger partial charge in [0, 0.05) is 16.1 Å². The van der Waals surface area contributed by atoms with Crippen molar-refractivity contribution in [2.24, 2.45) is 5.92 Å². The fourth-order valence-corrected chi connectivity index (χ4v) is 6.34. The first-order valence-corrected chi connectivity index (χ1v) is 14.4. The van der Waals surface area contributed by atoms with Crippen LogP contribution in [0.1, 0.15) is 56.4 Å². The monoisotopic (exact) mass is 553 g/mol. The second kappa shape index (κ2) is 10.7. The minimum Gasteiger partial charge on any atom is -0.481 e. The van der Waals surface area contributed by atoms with Crippen LogP contribution >= 0.6 is 23.2 Å². The van der Waals surface area contributed by atoms with Gasteiger partial charge in [0.1, 0.15) is 12.2 Å². The topological polar surface area (TPSA) is 101 Å². The lowest BCUT2D eigenvalue weighted by atomic mass is 9.89. The molecule has 0 radical (unpaired) electrons. The summed E-state index contributed by atoms with van der Waals surface area (Å²) in [6.07, 6.45) is -0.981. The molecule has 1 N–H and O–H groups in total. The van der Waals surface area contributed by atoms with E-state index in [1.807, 2.05) is 6.07 Å². The Morgan fingerprint density at radius 2 is 1.75 bits per heavy atom. The summed E-state index contributed by atoms with van der Waals surface area (Å²) in [6.45, 7) is 3.25. The molecule has 2 aliphatic rings. The van der Waals surface area contributed by atoms with Crippen molar-refractivity contribution in [2.75, 3.05) is 5.75 Å². The maximum absolute atomic E-state index is 13.9. The Bertz CT molecular complexity index is 1230. The molecule has 0 aromatic heterocycles. The van der Waals surface area contributed by atoms with Crippen molar-refractivity contribution < 1.29 is 27.9 Å². The predicted molar refractivity (Wildman–Crippen MR) is 138 cm³/mol. The van der Waals surface area contributed by atoms with Gasteiger partial charge in [0.2, 0.25) is 0 Å². The lowest BCUT2D eigenvalue weighted by molar-refractivity contribution is -0.183. The molecule has 1 heterocycles. The Labute approximate surface area is 221 Å². The molecule has 3 unspecified atom stereocenters. The number of carbonyl (C=O) groups is 2. The van der Waals surface area contributed by atoms with Gasteiger partial charge in [-0.3, -0.25) is 9.59 Å². The van der Waals surface area contributed by atoms with E-state index in [0.29, 0.717) is 21.2 Å². The predicted octanol–water partition coefficient (Wildman–Crippen LogP) is 5.08. The molecule has 7 nitrogen and oxygen atoms in total. The largest absolute Gasteiger partial charge is 0.481 e. The fourth-order valence-electron chi connectivity index (χ4n) is 4.72. The van der Waals surface area contributed by atoms with Crippen LogP contribution in [0.25, 0.3) is 0 Å². The van der Waals surface area contributed by atoms with E-state index < -0.39 is 57.7 Å². The summed E-state index contributed by atoms with van der Waals surface area (Å²) >= 11 is 12.4. The van der Waals surface area contributed by atoms with Crippen molar-refractivity contribution in [1.82, 2.24) is 4.90 Å². The van der Waals surface area contributed by atoms with Gasteiger partial charge in [-0.1, -0.05) is 47.5 Å². The molecule has 1 amide bonds. The standard InChI is InChI=1S/C26H29Cl2NO6S/c1-15(2)36(33,34)14-21(16-6-7-16)29-24(17-8-10-19(27)11-9-17)25(18-4-3-5-20(28)12-18)35-22(26(29)32)13-23(30)31/h3-5,8-12,15-16,21-22,24-25H,6-7,13-14H2,1-2H3,(H,30,31)/t21?,22?,24-,25?/m1/s1. The fraction of sp³-hybridized carbons (Fsp3) is 0.462. The minimum atomic E-state index is -3.51. The molecule has 1 saturated carbocycles. The SMILES string of the molecule is CC(C)S(=O)(=O)CC(C1CC1)N1C(=O)C(CC(=O)O)OC(c2cccc(Cl)c2)[C@H]1c1ccc(Cl)cc1. The zero-order valence-corrected chi connectivity index (χ0v) is 22.3. The van der Waals surface area contributed by atoms with E-state index in [1.54, 1.807) is 61.2 Å². The number of hydrogen-bond donors (Lipinski definition) is 1. The number of morpholine rings is 1. The highest BCUT2D eigenvalue weighted by Crippen LogP contribution is 2.48. The van der Waals surface area contributed by atoms with E-state index in [1.165, 1.54) is 0 Å². The molecule has 1 saturated heterocycles. The first kappa shape index (κ1) is 26.9. The number of sulfone groups is 1. The van der Waals surface area contributed by atoms with E-state index in [2.05, 4.69) is 0 Å². The number of halogens is 2. The maximum atomic E-state index is 13.9. The molecule has 36 heavy (non-hydrogen) atoms. The van der Waals surface area contributed by atoms with Gasteiger partial charge in [0.05, 0.1) is 23.5 Å². The summed E-state index contributed by atoms with van der Waals surface area (Å²) in [5, 5.41) is 9.89. The van der Waals surface area contributed by atoms with Gasteiger partial charge in [0.25, 0.3) is 5.91 Å². The molecule has 2 aromatic carbocycles. The number of carbonyl (C=O) groups excluding carboxylic acids is 1. The molecule has 2 aromatic rings. The number of amides is 1. The first-order chi connectivity index (χ1) is 17.0. The highest BCUT2D eigenvalue weighted by atomic mass is 35.5. The van der Waals surface area contributed by atoms with E-state index in [4.69, 9.17) is 27.9 Å². The van der Waals surface area contributed by atoms with Gasteiger partial charge in [-0.15, -0.1) is 0 Å². The number of rotatable bonds is 9. The van der Waals surface area contributed by atoms with Gasteiger partial charge in [0.15, 0.2) is 9.84 Å². The molecule has 0 bridgehead atoms. The molecule has 0 spiro atoms. The van der Waals surface area contributed by atoms with Gasteiger partial charge in [-0.2, -0.15) is 0 Å². The zero-order chi connectivity index (χ0) is 26.2. The molecule has 4 rings (SSSR count). The average molecular weight is 554 g/mol. The Kier molecular flexibility index (Phi) is 8.00. The van der Waals surface area contributed by atoms with Crippen molar-refractivity contribution in [1.29, 1.82) is 0 Å². The molecule has 2 fully saturated rings. The van der Waals surface area contributed by atoms with Crippen LogP contribution in [-0.4, -0.2) is 53.4 Å². The Morgan fingerprint density at radius 3 is 2.31 bits per heavy atom. The van der Waals surface area contributed by atoms with Crippen LogP contribution < -0.4 is 0 Å². The second-order valence-corrected chi connectivity index (χ2v) is 13.2. The molecule has 1 aliphatic carbocycles. The Hall–Kier alpha value is -2.13. The molecule has 194 valence electrons. The lowest BCUT2D eigenvalue weighted by Gasteiger charge is -2.48. The van der Waals surface area contributed by atoms with Crippen LogP contribution in [0.4, 0.5) is 0 Å². The summed E-state index contributed by atoms with van der Waals surface area (Å²) < 4.78 is 32.3. The molecule has 10 heteroatoms. The minimum absolute atomic E-state index is 0.000801. The number of aliphatic carboxylic acids is 1. The summed E-state index contributed by atoms with van der Waals surface area (Å²) in [5.74, 6) is -1.90. The third-order valence-corrected chi connectivity index (χ3v) is 9.55. The van der Waals surface area contributed by atoms with Crippen LogP contribution in [0.5, 0.6) is 0 Å². The quantitative estimate of drug-likeness (QED) is 0.464. The normalized spacial score (nSPS) is 23.6. The van der Waals surface area contributed by atoms with Crippen LogP contribution in [0.3, 0.4) is 0 Å². The van der Waals surface area contributed by atoms with Crippen molar-refractivity contribution in [2.45, 2.75) is 62.7 Å². The van der Waals surface area contributed by atoms with Crippen molar-refractivity contribution >= 4 is 44.9 Å². The lowest BCUT2D eigenvalue weighted by Crippen LogP contribution is -2.57.